The number of aromatic amines is 1. The molecule has 7 atom stereocenters. The molecule has 0 saturated carbocycles. The Labute approximate surface area is 182 Å². The SMILES string of the molecule is CC#CC1(F)C(O)[C@@H]([C@H](C)OP(=O)(O)OP(=O)(O)OP(=O)(O)O)O[C@H]1n1ncc(=O)[nH]c1=O. The van der Waals surface area contributed by atoms with Crippen LogP contribution in [0.25, 0.3) is 0 Å². The second-order valence-corrected chi connectivity index (χ2v) is 10.7. The number of hydrogen-bond acceptors (Lipinski definition) is 11. The molecule has 0 spiro atoms. The predicted octanol–water partition coefficient (Wildman–Crippen LogP) is -1.35. The minimum absolute atomic E-state index is 0.298. The van der Waals surface area contributed by atoms with Crippen molar-refractivity contribution < 1.29 is 60.6 Å². The molecule has 33 heavy (non-hydrogen) atoms. The molecule has 1 saturated heterocycles. The van der Waals surface area contributed by atoms with Gasteiger partial charge >= 0.3 is 29.2 Å². The number of ether oxygens (including phenoxy) is 1. The smallest absolute Gasteiger partial charge is 0.386 e. The van der Waals surface area contributed by atoms with E-state index in [4.69, 9.17) is 14.5 Å². The maximum Gasteiger partial charge on any atom is 0.490 e. The summed E-state index contributed by atoms with van der Waals surface area (Å²) in [5.74, 6) is 4.14. The summed E-state index contributed by atoms with van der Waals surface area (Å²) in [6.07, 6.45) is -7.52. The molecule has 0 bridgehead atoms. The average Bonchev–Trinajstić information content (AvgIpc) is 2.83. The highest BCUT2D eigenvalue weighted by molar-refractivity contribution is 7.66. The summed E-state index contributed by atoms with van der Waals surface area (Å²) in [4.78, 5) is 60.8. The molecule has 0 aromatic carbocycles. The lowest BCUT2D eigenvalue weighted by Crippen LogP contribution is -2.46. The second-order valence-electron chi connectivity index (χ2n) is 6.33. The van der Waals surface area contributed by atoms with Gasteiger partial charge in [0.25, 0.3) is 5.56 Å². The van der Waals surface area contributed by atoms with Gasteiger partial charge in [-0.3, -0.25) is 14.3 Å². The number of aromatic nitrogens is 3. The van der Waals surface area contributed by atoms with E-state index >= 15 is 4.39 Å². The first-order chi connectivity index (χ1) is 14.9. The number of aliphatic hydroxyl groups excluding tert-OH is 1. The van der Waals surface area contributed by atoms with Crippen molar-refractivity contribution in [2.45, 2.75) is 44.1 Å². The molecule has 0 radical (unpaired) electrons. The van der Waals surface area contributed by atoms with Gasteiger partial charge in [0, 0.05) is 0 Å². The summed E-state index contributed by atoms with van der Waals surface area (Å²) >= 11 is 0. The monoisotopic (exact) mass is 539 g/mol. The molecule has 1 aromatic rings. The van der Waals surface area contributed by atoms with Crippen molar-refractivity contribution in [2.75, 3.05) is 0 Å². The lowest BCUT2D eigenvalue weighted by Gasteiger charge is -2.25. The summed E-state index contributed by atoms with van der Waals surface area (Å²) in [6.45, 7) is 2.09. The normalized spacial score (nSPS) is 30.0. The zero-order chi connectivity index (χ0) is 25.4. The summed E-state index contributed by atoms with van der Waals surface area (Å²) in [5.41, 5.74) is -5.25. The van der Waals surface area contributed by atoms with Crippen LogP contribution in [0.2, 0.25) is 0 Å². The molecule has 1 aliphatic rings. The van der Waals surface area contributed by atoms with Crippen molar-refractivity contribution in [1.82, 2.24) is 14.8 Å². The summed E-state index contributed by atoms with van der Waals surface area (Å²) < 4.78 is 66.8. The Morgan fingerprint density at radius 1 is 1.24 bits per heavy atom. The number of alkyl halides is 1. The zero-order valence-corrected chi connectivity index (χ0v) is 19.1. The number of halogens is 1. The fourth-order valence-electron chi connectivity index (χ4n) is 2.74. The first-order valence-electron chi connectivity index (χ1n) is 8.37. The van der Waals surface area contributed by atoms with Gasteiger partial charge in [0.05, 0.1) is 6.10 Å². The number of nitrogens with one attached hydrogen (secondary N) is 1. The Bertz CT molecular complexity index is 1220. The van der Waals surface area contributed by atoms with Crippen molar-refractivity contribution in [2.24, 2.45) is 0 Å². The highest BCUT2D eigenvalue weighted by Gasteiger charge is 2.60. The highest BCUT2D eigenvalue weighted by Crippen LogP contribution is 2.66. The number of phosphoric acid groups is 3. The Balaban J connectivity index is 2.32. The van der Waals surface area contributed by atoms with Crippen LogP contribution >= 0.6 is 23.5 Å². The molecular weight excluding hydrogens is 522 g/mol. The van der Waals surface area contributed by atoms with Crippen molar-refractivity contribution in [3.8, 4) is 11.8 Å². The van der Waals surface area contributed by atoms with Gasteiger partial charge in [-0.15, -0.1) is 5.92 Å². The van der Waals surface area contributed by atoms with Crippen LogP contribution in [-0.4, -0.2) is 63.4 Å². The fourth-order valence-corrected chi connectivity index (χ4v) is 5.94. The highest BCUT2D eigenvalue weighted by atomic mass is 31.3. The van der Waals surface area contributed by atoms with E-state index < -0.39 is 64.9 Å². The van der Waals surface area contributed by atoms with Crippen LogP contribution in [0.4, 0.5) is 4.39 Å². The summed E-state index contributed by atoms with van der Waals surface area (Å²) in [6, 6.07) is 0. The largest absolute Gasteiger partial charge is 0.490 e. The molecule has 0 amide bonds. The first-order valence-corrected chi connectivity index (χ1v) is 12.9. The van der Waals surface area contributed by atoms with E-state index in [1.165, 1.54) is 6.92 Å². The molecule has 186 valence electrons. The Kier molecular flexibility index (Phi) is 8.04. The van der Waals surface area contributed by atoms with Crippen molar-refractivity contribution >= 4 is 23.5 Å². The van der Waals surface area contributed by atoms with Gasteiger partial charge in [0.1, 0.15) is 18.4 Å². The van der Waals surface area contributed by atoms with Gasteiger partial charge in [0.15, 0.2) is 0 Å². The first kappa shape index (κ1) is 27.7. The van der Waals surface area contributed by atoms with Gasteiger partial charge in [-0.05, 0) is 13.8 Å². The number of phosphoric ester groups is 1. The number of hydrogen-bond donors (Lipinski definition) is 6. The number of aliphatic hydroxyl groups is 1. The molecule has 4 unspecified atom stereocenters. The Morgan fingerprint density at radius 2 is 1.85 bits per heavy atom. The van der Waals surface area contributed by atoms with Gasteiger partial charge in [0.2, 0.25) is 11.9 Å². The second kappa shape index (κ2) is 9.59. The van der Waals surface area contributed by atoms with Crippen LogP contribution in [-0.2, 0) is 31.6 Å². The molecule has 1 fully saturated rings. The Hall–Kier alpha value is -1.57. The van der Waals surface area contributed by atoms with Gasteiger partial charge < -0.3 is 29.4 Å². The molecule has 0 aliphatic carbocycles. The van der Waals surface area contributed by atoms with Crippen molar-refractivity contribution in [3.05, 3.63) is 27.0 Å². The third-order valence-electron chi connectivity index (χ3n) is 3.84. The Morgan fingerprint density at radius 3 is 2.36 bits per heavy atom. The predicted molar refractivity (Wildman–Crippen MR) is 101 cm³/mol. The molecular formula is C12H17FN3O14P3. The van der Waals surface area contributed by atoms with Crippen LogP contribution in [0, 0.1) is 11.8 Å². The fraction of sp³-hybridized carbons (Fsp3) is 0.583. The molecule has 1 aliphatic heterocycles. The summed E-state index contributed by atoms with van der Waals surface area (Å²) in [7, 11) is -17.1. The van der Waals surface area contributed by atoms with E-state index in [2.05, 4.69) is 24.2 Å². The molecule has 1 aromatic heterocycles. The van der Waals surface area contributed by atoms with E-state index in [0.29, 0.717) is 10.9 Å². The molecule has 2 heterocycles. The molecule has 6 N–H and O–H groups in total. The van der Waals surface area contributed by atoms with E-state index in [1.54, 1.807) is 4.98 Å². The van der Waals surface area contributed by atoms with E-state index in [9.17, 15) is 38.2 Å². The molecule has 2 rings (SSSR count). The number of H-pyrrole nitrogens is 1. The van der Waals surface area contributed by atoms with Crippen LogP contribution in [0.5, 0.6) is 0 Å². The third-order valence-corrected chi connectivity index (χ3v) is 7.77. The van der Waals surface area contributed by atoms with Gasteiger partial charge in [-0.2, -0.15) is 18.4 Å². The maximum atomic E-state index is 15.6. The minimum Gasteiger partial charge on any atom is -0.386 e. The van der Waals surface area contributed by atoms with Crippen LogP contribution < -0.4 is 11.2 Å². The maximum absolute atomic E-state index is 15.6. The average molecular weight is 539 g/mol. The van der Waals surface area contributed by atoms with Crippen LogP contribution in [0.3, 0.4) is 0 Å². The van der Waals surface area contributed by atoms with Gasteiger partial charge in [-0.25, -0.2) is 22.9 Å². The van der Waals surface area contributed by atoms with Crippen molar-refractivity contribution in [3.63, 3.8) is 0 Å². The van der Waals surface area contributed by atoms with Crippen molar-refractivity contribution in [1.29, 1.82) is 0 Å². The molecule has 17 nitrogen and oxygen atoms in total. The summed E-state index contributed by atoms with van der Waals surface area (Å²) in [5, 5.41) is 13.8. The van der Waals surface area contributed by atoms with E-state index in [0.717, 1.165) is 6.92 Å². The lowest BCUT2D eigenvalue weighted by atomic mass is 9.94. The molecule has 21 heteroatoms. The van der Waals surface area contributed by atoms with E-state index in [-0.39, 0.29) is 0 Å². The number of nitrogens with zero attached hydrogens (tertiary/aromatic N) is 2. The minimum atomic E-state index is -5.84. The third kappa shape index (κ3) is 6.74. The number of rotatable bonds is 8. The topological polar surface area (TPSA) is 257 Å². The van der Waals surface area contributed by atoms with Gasteiger partial charge in [-0.1, -0.05) is 5.92 Å². The quantitative estimate of drug-likeness (QED) is 0.165. The van der Waals surface area contributed by atoms with E-state index in [1.807, 2.05) is 5.92 Å². The zero-order valence-electron chi connectivity index (χ0n) is 16.4. The van der Waals surface area contributed by atoms with Crippen LogP contribution in [0.15, 0.2) is 15.8 Å². The van der Waals surface area contributed by atoms with Crippen LogP contribution in [0.1, 0.15) is 20.1 Å². The standard InChI is InChI=1S/C12H17FN3O14P3/c1-3-4-12(13)9(18)8(27-10(12)16-11(19)15-7(17)5-14-16)6(2)28-32(23,24)30-33(25,26)29-31(20,21)22/h5-6,8-10,18H,1-2H3,(H,23,24)(H,25,26)(H,15,17,19)(H2,20,21,22)/t6-,8+,9?,10+,12?/m0/s1. The lowest BCUT2D eigenvalue weighted by molar-refractivity contribution is -0.0829.